The molecule has 0 bridgehead atoms. The smallest absolute Gasteiger partial charge is 0.338 e. The average Bonchev–Trinajstić information content (AvgIpc) is 2.87. The molecule has 3 amide bonds. The molecule has 1 fully saturated rings. The number of carbonyl (C=O) groups is 3. The number of carbonyl (C=O) groups excluding carboxylic acids is 3. The lowest BCUT2D eigenvalue weighted by Crippen LogP contribution is -2.53. The van der Waals surface area contributed by atoms with Crippen LogP contribution in [0.1, 0.15) is 34.5 Å². The highest BCUT2D eigenvalue weighted by Crippen LogP contribution is 2.36. The summed E-state index contributed by atoms with van der Waals surface area (Å²) in [6, 6.07) is 11.4. The van der Waals surface area contributed by atoms with Gasteiger partial charge in [0.25, 0.3) is 5.91 Å². The van der Waals surface area contributed by atoms with Crippen LogP contribution in [-0.4, -0.2) is 79.0 Å². The molecular weight excluding hydrogens is 515 g/mol. The van der Waals surface area contributed by atoms with Gasteiger partial charge >= 0.3 is 12.0 Å². The third-order valence-corrected chi connectivity index (χ3v) is 7.24. The number of ether oxygens (including phenoxy) is 1. The Bertz CT molecular complexity index is 1220. The summed E-state index contributed by atoms with van der Waals surface area (Å²) >= 11 is 12.5. The van der Waals surface area contributed by atoms with Gasteiger partial charge in [-0.25, -0.2) is 9.59 Å². The number of amides is 3. The van der Waals surface area contributed by atoms with Gasteiger partial charge in [-0.15, -0.1) is 0 Å². The monoisotopic (exact) mass is 544 g/mol. The van der Waals surface area contributed by atoms with Crippen LogP contribution in [0.4, 0.5) is 4.79 Å². The molecule has 4 rings (SSSR count). The van der Waals surface area contributed by atoms with Gasteiger partial charge in [0.15, 0.2) is 0 Å². The van der Waals surface area contributed by atoms with Crippen LogP contribution < -0.4 is 5.32 Å². The van der Waals surface area contributed by atoms with E-state index in [1.165, 1.54) is 4.90 Å². The number of aryl methyl sites for hydroxylation is 1. The van der Waals surface area contributed by atoms with Crippen molar-refractivity contribution in [2.75, 3.05) is 46.4 Å². The number of piperazine rings is 1. The quantitative estimate of drug-likeness (QED) is 0.549. The van der Waals surface area contributed by atoms with E-state index in [-0.39, 0.29) is 18.5 Å². The largest absolute Gasteiger partial charge is 0.463 e. The van der Waals surface area contributed by atoms with E-state index in [4.69, 9.17) is 27.9 Å². The number of hydrogen-bond donors (Lipinski definition) is 1. The summed E-state index contributed by atoms with van der Waals surface area (Å²) < 4.78 is 5.39. The molecule has 2 aliphatic heterocycles. The Kier molecular flexibility index (Phi) is 8.42. The first-order valence-electron chi connectivity index (χ1n) is 12.2. The number of hydrogen-bond acceptors (Lipinski definition) is 5. The van der Waals surface area contributed by atoms with Gasteiger partial charge in [-0.05, 0) is 43.7 Å². The Hall–Kier alpha value is -3.07. The van der Waals surface area contributed by atoms with Crippen LogP contribution in [0.5, 0.6) is 0 Å². The normalized spacial score (nSPS) is 18.6. The van der Waals surface area contributed by atoms with E-state index in [0.29, 0.717) is 65.2 Å². The predicted molar refractivity (Wildman–Crippen MR) is 143 cm³/mol. The minimum atomic E-state index is -0.785. The fourth-order valence-corrected chi connectivity index (χ4v) is 5.08. The molecule has 8 nitrogen and oxygen atoms in total. The summed E-state index contributed by atoms with van der Waals surface area (Å²) in [5, 5.41) is 3.66. The van der Waals surface area contributed by atoms with Gasteiger partial charge < -0.3 is 15.0 Å². The van der Waals surface area contributed by atoms with Crippen molar-refractivity contribution in [1.29, 1.82) is 0 Å². The van der Waals surface area contributed by atoms with Crippen LogP contribution >= 0.6 is 23.2 Å². The first-order valence-corrected chi connectivity index (χ1v) is 12.9. The molecule has 2 heterocycles. The maximum atomic E-state index is 13.2. The van der Waals surface area contributed by atoms with Crippen molar-refractivity contribution in [1.82, 2.24) is 20.0 Å². The second-order valence-corrected chi connectivity index (χ2v) is 9.97. The maximum Gasteiger partial charge on any atom is 0.338 e. The van der Waals surface area contributed by atoms with Crippen LogP contribution in [0.15, 0.2) is 53.7 Å². The molecule has 37 heavy (non-hydrogen) atoms. The van der Waals surface area contributed by atoms with Gasteiger partial charge in [0.05, 0.1) is 18.2 Å². The molecule has 2 aliphatic rings. The minimum absolute atomic E-state index is 0.00214. The first kappa shape index (κ1) is 27.0. The molecule has 1 N–H and O–H groups in total. The van der Waals surface area contributed by atoms with E-state index < -0.39 is 12.0 Å². The summed E-state index contributed by atoms with van der Waals surface area (Å²) in [6.07, 6.45) is 0. The van der Waals surface area contributed by atoms with E-state index in [1.54, 1.807) is 32.2 Å². The highest BCUT2D eigenvalue weighted by Gasteiger charge is 2.38. The highest BCUT2D eigenvalue weighted by atomic mass is 35.5. The number of esters is 1. The molecule has 0 radical (unpaired) electrons. The molecule has 0 saturated carbocycles. The van der Waals surface area contributed by atoms with Crippen LogP contribution in [-0.2, 0) is 9.53 Å². The first-order chi connectivity index (χ1) is 17.7. The van der Waals surface area contributed by atoms with Gasteiger partial charge in [0, 0.05) is 61.1 Å². The summed E-state index contributed by atoms with van der Waals surface area (Å²) in [7, 11) is 1.63. The van der Waals surface area contributed by atoms with Gasteiger partial charge in [-0.1, -0.05) is 47.0 Å². The Balaban J connectivity index is 1.58. The van der Waals surface area contributed by atoms with Crippen LogP contribution in [0.2, 0.25) is 10.0 Å². The molecule has 2 aromatic rings. The van der Waals surface area contributed by atoms with Crippen molar-refractivity contribution < 1.29 is 19.1 Å². The number of likely N-dealkylation sites (N-methyl/N-ethyl adjacent to an activating group) is 1. The van der Waals surface area contributed by atoms with Crippen molar-refractivity contribution in [3.05, 3.63) is 80.5 Å². The van der Waals surface area contributed by atoms with Crippen LogP contribution in [0, 0.1) is 6.92 Å². The molecule has 196 valence electrons. The molecule has 0 aromatic heterocycles. The molecular formula is C27H30Cl2N4O4. The second kappa shape index (κ2) is 11.5. The molecule has 1 saturated heterocycles. The number of benzene rings is 2. The number of urea groups is 1. The van der Waals surface area contributed by atoms with E-state index >= 15 is 0 Å². The topological polar surface area (TPSA) is 82.2 Å². The minimum Gasteiger partial charge on any atom is -0.463 e. The van der Waals surface area contributed by atoms with Gasteiger partial charge in [0.1, 0.15) is 0 Å². The lowest BCUT2D eigenvalue weighted by atomic mass is 9.94. The van der Waals surface area contributed by atoms with Gasteiger partial charge in [-0.3, -0.25) is 14.6 Å². The molecule has 0 aliphatic carbocycles. The highest BCUT2D eigenvalue weighted by molar-refractivity contribution is 6.35. The number of halogens is 2. The Labute approximate surface area is 226 Å². The molecule has 1 atom stereocenters. The van der Waals surface area contributed by atoms with Crippen molar-refractivity contribution in [2.24, 2.45) is 0 Å². The molecule has 10 heteroatoms. The Morgan fingerprint density at radius 3 is 2.35 bits per heavy atom. The van der Waals surface area contributed by atoms with Crippen LogP contribution in [0.25, 0.3) is 0 Å². The van der Waals surface area contributed by atoms with E-state index in [1.807, 2.05) is 36.1 Å². The zero-order chi connectivity index (χ0) is 26.7. The van der Waals surface area contributed by atoms with Crippen LogP contribution in [0.3, 0.4) is 0 Å². The average molecular weight is 545 g/mol. The maximum absolute atomic E-state index is 13.2. The van der Waals surface area contributed by atoms with Crippen molar-refractivity contribution in [2.45, 2.75) is 19.9 Å². The SMILES string of the molecule is CCOC(=O)C1=C(CN2CCN(C(=O)c3ccc(C)cc3)CC2)N(C)C(=O)N[C@H]1c1ccc(Cl)cc1Cl. The van der Waals surface area contributed by atoms with E-state index in [2.05, 4.69) is 10.2 Å². The van der Waals surface area contributed by atoms with E-state index in [9.17, 15) is 14.4 Å². The number of rotatable bonds is 6. The second-order valence-electron chi connectivity index (χ2n) is 9.12. The summed E-state index contributed by atoms with van der Waals surface area (Å²) in [5.41, 5.74) is 3.19. The fourth-order valence-electron chi connectivity index (χ4n) is 4.57. The lowest BCUT2D eigenvalue weighted by molar-refractivity contribution is -0.139. The van der Waals surface area contributed by atoms with Crippen molar-refractivity contribution >= 4 is 41.1 Å². The molecule has 0 unspecified atom stereocenters. The summed E-state index contributed by atoms with van der Waals surface area (Å²) in [6.45, 7) is 6.52. The predicted octanol–water partition coefficient (Wildman–Crippen LogP) is 4.27. The zero-order valence-electron chi connectivity index (χ0n) is 21.1. The summed E-state index contributed by atoms with van der Waals surface area (Å²) in [4.78, 5) is 44.5. The third kappa shape index (κ3) is 5.92. The van der Waals surface area contributed by atoms with Crippen molar-refractivity contribution in [3.8, 4) is 0 Å². The Morgan fingerprint density at radius 1 is 1.05 bits per heavy atom. The zero-order valence-corrected chi connectivity index (χ0v) is 22.6. The van der Waals surface area contributed by atoms with E-state index in [0.717, 1.165) is 5.56 Å². The number of nitrogens with zero attached hydrogens (tertiary/aromatic N) is 3. The molecule has 2 aromatic carbocycles. The third-order valence-electron chi connectivity index (χ3n) is 6.68. The van der Waals surface area contributed by atoms with Crippen molar-refractivity contribution in [3.63, 3.8) is 0 Å². The molecule has 0 spiro atoms. The standard InChI is InChI=1S/C27H30Cl2N4O4/c1-4-37-26(35)23-22(31(3)27(36)30-24(23)20-10-9-19(28)15-21(20)29)16-32-11-13-33(14-12-32)25(34)18-7-5-17(2)6-8-18/h5-10,15,24H,4,11-14,16H2,1-3H3,(H,30,36)/t24-/m0/s1. The van der Waals surface area contributed by atoms with Gasteiger partial charge in [0.2, 0.25) is 0 Å². The fraction of sp³-hybridized carbons (Fsp3) is 0.370. The number of nitrogens with one attached hydrogen (secondary N) is 1. The Morgan fingerprint density at radius 2 is 1.73 bits per heavy atom. The summed E-state index contributed by atoms with van der Waals surface area (Å²) in [5.74, 6) is -0.522. The lowest BCUT2D eigenvalue weighted by Gasteiger charge is -2.39. The van der Waals surface area contributed by atoms with Gasteiger partial charge in [-0.2, -0.15) is 0 Å².